The Bertz CT molecular complexity index is 1390. The summed E-state index contributed by atoms with van der Waals surface area (Å²) in [5, 5.41) is 16.5. The maximum Gasteiger partial charge on any atom is 0.344 e. The average molecular weight is 439 g/mol. The minimum Gasteiger partial charge on any atom is -0.423 e. The van der Waals surface area contributed by atoms with E-state index in [0.717, 1.165) is 16.8 Å². The van der Waals surface area contributed by atoms with E-state index in [1.54, 1.807) is 36.4 Å². The molecule has 0 aliphatic heterocycles. The van der Waals surface area contributed by atoms with Gasteiger partial charge in [0.15, 0.2) is 0 Å². The molecule has 0 unspecified atom stereocenters. The van der Waals surface area contributed by atoms with E-state index in [9.17, 15) is 19.7 Å². The standard InChI is InChI=1S/C25H17N3O5/c29-24(19-9-4-10-20(15-19)28(31)32)27-26-16-17-6-3-11-21(14-17)33-25(30)23-13-5-8-18-7-1-2-12-22(18)23/h1-16H,(H,27,29)/b26-16-. The van der Waals surface area contributed by atoms with Crippen molar-refractivity contribution in [2.24, 2.45) is 5.10 Å². The van der Waals surface area contributed by atoms with Crippen LogP contribution in [0.3, 0.4) is 0 Å². The van der Waals surface area contributed by atoms with Gasteiger partial charge in [0.2, 0.25) is 0 Å². The molecule has 0 aliphatic rings. The van der Waals surface area contributed by atoms with Gasteiger partial charge in [-0.05, 0) is 40.6 Å². The van der Waals surface area contributed by atoms with E-state index in [1.165, 1.54) is 24.4 Å². The highest BCUT2D eigenvalue weighted by atomic mass is 16.6. The second kappa shape index (κ2) is 9.52. The van der Waals surface area contributed by atoms with Crippen molar-refractivity contribution in [3.05, 3.63) is 118 Å². The van der Waals surface area contributed by atoms with Crippen LogP contribution in [0.5, 0.6) is 5.75 Å². The van der Waals surface area contributed by atoms with Gasteiger partial charge in [-0.2, -0.15) is 5.10 Å². The molecule has 8 nitrogen and oxygen atoms in total. The number of nitro groups is 1. The number of nitro benzene ring substituents is 1. The van der Waals surface area contributed by atoms with Gasteiger partial charge in [-0.25, -0.2) is 10.2 Å². The number of non-ortho nitro benzene ring substituents is 1. The first-order valence-electron chi connectivity index (χ1n) is 9.89. The van der Waals surface area contributed by atoms with Crippen LogP contribution in [0.25, 0.3) is 10.8 Å². The third kappa shape index (κ3) is 5.08. The molecule has 33 heavy (non-hydrogen) atoms. The molecule has 0 atom stereocenters. The van der Waals surface area contributed by atoms with Crippen LogP contribution in [0.15, 0.2) is 96.1 Å². The molecular formula is C25H17N3O5. The van der Waals surface area contributed by atoms with Crippen LogP contribution in [-0.4, -0.2) is 23.0 Å². The molecule has 0 spiro atoms. The highest BCUT2D eigenvalue weighted by Gasteiger charge is 2.13. The van der Waals surface area contributed by atoms with Crippen molar-refractivity contribution in [2.75, 3.05) is 0 Å². The van der Waals surface area contributed by atoms with Crippen molar-refractivity contribution in [1.29, 1.82) is 0 Å². The molecular weight excluding hydrogens is 422 g/mol. The Kier molecular flexibility index (Phi) is 6.17. The number of ether oxygens (including phenoxy) is 1. The lowest BCUT2D eigenvalue weighted by Gasteiger charge is -2.08. The van der Waals surface area contributed by atoms with Crippen LogP contribution in [0, 0.1) is 10.1 Å². The highest BCUT2D eigenvalue weighted by molar-refractivity contribution is 6.05. The van der Waals surface area contributed by atoms with Gasteiger partial charge in [-0.1, -0.05) is 54.6 Å². The third-order valence-electron chi connectivity index (χ3n) is 4.78. The molecule has 0 fully saturated rings. The molecule has 4 aromatic carbocycles. The van der Waals surface area contributed by atoms with Gasteiger partial charge in [0, 0.05) is 17.7 Å². The highest BCUT2D eigenvalue weighted by Crippen LogP contribution is 2.21. The lowest BCUT2D eigenvalue weighted by Crippen LogP contribution is -2.17. The van der Waals surface area contributed by atoms with Gasteiger partial charge >= 0.3 is 5.97 Å². The van der Waals surface area contributed by atoms with Crippen molar-refractivity contribution >= 4 is 34.6 Å². The first-order chi connectivity index (χ1) is 16.0. The van der Waals surface area contributed by atoms with E-state index in [0.29, 0.717) is 16.9 Å². The molecule has 0 heterocycles. The number of esters is 1. The number of carbonyl (C=O) groups excluding carboxylic acids is 2. The summed E-state index contributed by atoms with van der Waals surface area (Å²) in [6.45, 7) is 0. The lowest BCUT2D eigenvalue weighted by atomic mass is 10.0. The Labute approximate surface area is 188 Å². The molecule has 0 bridgehead atoms. The first kappa shape index (κ1) is 21.4. The van der Waals surface area contributed by atoms with E-state index in [4.69, 9.17) is 4.74 Å². The van der Waals surface area contributed by atoms with Crippen molar-refractivity contribution in [1.82, 2.24) is 5.43 Å². The number of rotatable bonds is 6. The van der Waals surface area contributed by atoms with E-state index in [2.05, 4.69) is 10.5 Å². The van der Waals surface area contributed by atoms with E-state index in [-0.39, 0.29) is 11.3 Å². The van der Waals surface area contributed by atoms with Gasteiger partial charge in [-0.15, -0.1) is 0 Å². The summed E-state index contributed by atoms with van der Waals surface area (Å²) in [6, 6.07) is 25.0. The summed E-state index contributed by atoms with van der Waals surface area (Å²) in [5.41, 5.74) is 3.28. The normalized spacial score (nSPS) is 10.8. The number of nitrogens with one attached hydrogen (secondary N) is 1. The summed E-state index contributed by atoms with van der Waals surface area (Å²) in [7, 11) is 0. The van der Waals surface area contributed by atoms with E-state index >= 15 is 0 Å². The van der Waals surface area contributed by atoms with Gasteiger partial charge < -0.3 is 4.74 Å². The van der Waals surface area contributed by atoms with Crippen LogP contribution >= 0.6 is 0 Å². The fourth-order valence-electron chi connectivity index (χ4n) is 3.21. The number of carbonyl (C=O) groups is 2. The zero-order chi connectivity index (χ0) is 23.2. The lowest BCUT2D eigenvalue weighted by molar-refractivity contribution is -0.384. The van der Waals surface area contributed by atoms with E-state index < -0.39 is 16.8 Å². The molecule has 0 radical (unpaired) electrons. The number of hydrogen-bond acceptors (Lipinski definition) is 6. The van der Waals surface area contributed by atoms with Gasteiger partial charge in [0.05, 0.1) is 16.7 Å². The average Bonchev–Trinajstić information content (AvgIpc) is 2.84. The van der Waals surface area contributed by atoms with Crippen molar-refractivity contribution in [3.63, 3.8) is 0 Å². The Morgan fingerprint density at radius 1 is 0.909 bits per heavy atom. The molecule has 4 aromatic rings. The predicted molar refractivity (Wildman–Crippen MR) is 124 cm³/mol. The Morgan fingerprint density at radius 2 is 1.67 bits per heavy atom. The zero-order valence-electron chi connectivity index (χ0n) is 17.2. The number of nitrogens with zero attached hydrogens (tertiary/aromatic N) is 2. The fourth-order valence-corrected chi connectivity index (χ4v) is 3.21. The van der Waals surface area contributed by atoms with Crippen LogP contribution in [0.1, 0.15) is 26.3 Å². The Hall–Kier alpha value is -4.85. The van der Waals surface area contributed by atoms with E-state index in [1.807, 2.05) is 30.3 Å². The fraction of sp³-hybridized carbons (Fsp3) is 0. The summed E-state index contributed by atoms with van der Waals surface area (Å²) < 4.78 is 5.53. The summed E-state index contributed by atoms with van der Waals surface area (Å²) >= 11 is 0. The minimum atomic E-state index is -0.589. The molecule has 162 valence electrons. The maximum absolute atomic E-state index is 12.7. The monoisotopic (exact) mass is 439 g/mol. The van der Waals surface area contributed by atoms with Crippen molar-refractivity contribution in [3.8, 4) is 5.75 Å². The third-order valence-corrected chi connectivity index (χ3v) is 4.78. The number of hydrazone groups is 1. The van der Waals surface area contributed by atoms with Gasteiger partial charge in [0.1, 0.15) is 5.75 Å². The largest absolute Gasteiger partial charge is 0.423 e. The van der Waals surface area contributed by atoms with Gasteiger partial charge in [-0.3, -0.25) is 14.9 Å². The molecule has 4 rings (SSSR count). The smallest absolute Gasteiger partial charge is 0.344 e. The second-order valence-electron chi connectivity index (χ2n) is 7.00. The topological polar surface area (TPSA) is 111 Å². The summed E-state index contributed by atoms with van der Waals surface area (Å²) in [6.07, 6.45) is 1.38. The first-order valence-corrected chi connectivity index (χ1v) is 9.89. The molecule has 0 aromatic heterocycles. The van der Waals surface area contributed by atoms with Crippen LogP contribution < -0.4 is 10.2 Å². The second-order valence-corrected chi connectivity index (χ2v) is 7.00. The number of fused-ring (bicyclic) bond motifs is 1. The Morgan fingerprint density at radius 3 is 2.52 bits per heavy atom. The molecule has 0 saturated carbocycles. The molecule has 0 aliphatic carbocycles. The van der Waals surface area contributed by atoms with Crippen molar-refractivity contribution < 1.29 is 19.2 Å². The Balaban J connectivity index is 1.44. The molecule has 0 saturated heterocycles. The SMILES string of the molecule is O=C(N/N=C\c1cccc(OC(=O)c2cccc3ccccc23)c1)c1cccc([N+](=O)[O-])c1. The summed E-state index contributed by atoms with van der Waals surface area (Å²) in [4.78, 5) is 35.2. The zero-order valence-corrected chi connectivity index (χ0v) is 17.2. The molecule has 1 amide bonds. The van der Waals surface area contributed by atoms with Gasteiger partial charge in [0.25, 0.3) is 11.6 Å². The van der Waals surface area contributed by atoms with Crippen molar-refractivity contribution in [2.45, 2.75) is 0 Å². The number of amides is 1. The maximum atomic E-state index is 12.7. The molecule has 1 N–H and O–H groups in total. The minimum absolute atomic E-state index is 0.110. The quantitative estimate of drug-likeness (QED) is 0.153. The summed E-state index contributed by atoms with van der Waals surface area (Å²) in [5.74, 6) is -0.754. The number of benzene rings is 4. The van der Waals surface area contributed by atoms with Crippen LogP contribution in [0.4, 0.5) is 5.69 Å². The number of hydrogen-bond donors (Lipinski definition) is 1. The molecule has 8 heteroatoms. The van der Waals surface area contributed by atoms with Crippen LogP contribution in [-0.2, 0) is 0 Å². The predicted octanol–water partition coefficient (Wildman–Crippen LogP) is 4.73. The van der Waals surface area contributed by atoms with Crippen LogP contribution in [0.2, 0.25) is 0 Å².